The molecule has 140 valence electrons. The molecule has 0 spiro atoms. The number of carbonyl (C=O) groups excluding carboxylic acids is 1. The van der Waals surface area contributed by atoms with E-state index in [0.717, 1.165) is 5.56 Å². The predicted molar refractivity (Wildman–Crippen MR) is 87.7 cm³/mol. The van der Waals surface area contributed by atoms with Gasteiger partial charge in [-0.15, -0.1) is 12.4 Å². The number of carbonyl (C=O) groups is 2. The van der Waals surface area contributed by atoms with E-state index in [1.54, 1.807) is 24.3 Å². The zero-order valence-electron chi connectivity index (χ0n) is 12.9. The Morgan fingerprint density at radius 1 is 1.32 bits per heavy atom. The minimum atomic E-state index is -4.60. The van der Waals surface area contributed by atoms with Crippen molar-refractivity contribution in [3.05, 3.63) is 34.9 Å². The van der Waals surface area contributed by atoms with Crippen molar-refractivity contribution in [1.82, 2.24) is 10.2 Å². The first-order valence-corrected chi connectivity index (χ1v) is 7.57. The lowest BCUT2D eigenvalue weighted by molar-refractivity contribution is -0.188. The molecule has 1 fully saturated rings. The summed E-state index contributed by atoms with van der Waals surface area (Å²) in [5, 5.41) is 12.0. The van der Waals surface area contributed by atoms with Crippen molar-refractivity contribution in [1.29, 1.82) is 0 Å². The largest absolute Gasteiger partial charge is 0.481 e. The van der Waals surface area contributed by atoms with Gasteiger partial charge in [-0.1, -0.05) is 23.7 Å². The van der Waals surface area contributed by atoms with Crippen molar-refractivity contribution in [2.75, 3.05) is 19.6 Å². The molecule has 0 aliphatic carbocycles. The highest BCUT2D eigenvalue weighted by Gasteiger charge is 2.52. The number of amides is 1. The number of hydrogen-bond acceptors (Lipinski definition) is 3. The summed E-state index contributed by atoms with van der Waals surface area (Å²) in [4.78, 5) is 24.1. The number of hydrogen-bond donors (Lipinski definition) is 2. The van der Waals surface area contributed by atoms with Gasteiger partial charge in [-0.25, -0.2) is 0 Å². The number of carboxylic acid groups (broad SMARTS) is 1. The molecule has 1 aromatic carbocycles. The molecule has 5 nitrogen and oxygen atoms in total. The van der Waals surface area contributed by atoms with Gasteiger partial charge in [0.2, 0.25) is 5.91 Å². The normalized spacial score (nSPS) is 20.8. The van der Waals surface area contributed by atoms with Crippen molar-refractivity contribution >= 4 is 35.9 Å². The highest BCUT2D eigenvalue weighted by Crippen LogP contribution is 2.37. The Morgan fingerprint density at radius 2 is 2.00 bits per heavy atom. The van der Waals surface area contributed by atoms with E-state index in [1.165, 1.54) is 4.90 Å². The maximum absolute atomic E-state index is 12.9. The molecule has 25 heavy (non-hydrogen) atoms. The number of likely N-dealkylation sites (tertiary alicyclic amines) is 1. The van der Waals surface area contributed by atoms with E-state index in [-0.39, 0.29) is 32.0 Å². The van der Waals surface area contributed by atoms with Gasteiger partial charge in [0.1, 0.15) is 0 Å². The molecule has 0 saturated carbocycles. The molecule has 0 bridgehead atoms. The van der Waals surface area contributed by atoms with E-state index in [2.05, 4.69) is 5.32 Å². The van der Waals surface area contributed by atoms with Crippen molar-refractivity contribution in [3.8, 4) is 0 Å². The van der Waals surface area contributed by atoms with E-state index in [4.69, 9.17) is 16.7 Å². The second-order valence-electron chi connectivity index (χ2n) is 5.69. The van der Waals surface area contributed by atoms with E-state index in [9.17, 15) is 22.8 Å². The van der Waals surface area contributed by atoms with Crippen LogP contribution < -0.4 is 5.32 Å². The summed E-state index contributed by atoms with van der Waals surface area (Å²) < 4.78 is 38.7. The van der Waals surface area contributed by atoms with Gasteiger partial charge in [0.05, 0.1) is 18.4 Å². The number of nitrogens with one attached hydrogen (secondary N) is 1. The van der Waals surface area contributed by atoms with Crippen LogP contribution in [0.2, 0.25) is 5.02 Å². The third-order valence-corrected chi connectivity index (χ3v) is 4.11. The summed E-state index contributed by atoms with van der Waals surface area (Å²) >= 11 is 5.82. The van der Waals surface area contributed by atoms with E-state index >= 15 is 0 Å². The molecular weight excluding hydrogens is 384 g/mol. The molecule has 2 N–H and O–H groups in total. The van der Waals surface area contributed by atoms with Crippen molar-refractivity contribution < 1.29 is 27.9 Å². The van der Waals surface area contributed by atoms with Gasteiger partial charge >= 0.3 is 12.1 Å². The average molecular weight is 401 g/mol. The molecule has 1 heterocycles. The molecule has 1 aromatic rings. The first kappa shape index (κ1) is 21.5. The van der Waals surface area contributed by atoms with E-state index in [1.807, 2.05) is 0 Å². The van der Waals surface area contributed by atoms with Gasteiger partial charge in [0.25, 0.3) is 0 Å². The lowest BCUT2D eigenvalue weighted by Crippen LogP contribution is -2.36. The van der Waals surface area contributed by atoms with E-state index in [0.29, 0.717) is 5.02 Å². The topological polar surface area (TPSA) is 69.6 Å². The number of benzene rings is 1. The Hall–Kier alpha value is -1.51. The SMILES string of the molecule is Cl.O=C(CN1C[C@@H](C(F)(F)F)[C@H](C(=O)O)C1)NCc1cccc(Cl)c1. The third-order valence-electron chi connectivity index (χ3n) is 3.88. The summed E-state index contributed by atoms with van der Waals surface area (Å²) in [6.07, 6.45) is -4.60. The first-order valence-electron chi connectivity index (χ1n) is 7.20. The van der Waals surface area contributed by atoms with Crippen LogP contribution in [0.15, 0.2) is 24.3 Å². The number of aliphatic carboxylic acids is 1. The van der Waals surface area contributed by atoms with Crippen LogP contribution in [-0.4, -0.2) is 47.7 Å². The molecular formula is C15H17Cl2F3N2O3. The molecule has 1 aliphatic heterocycles. The Kier molecular flexibility index (Phi) is 7.52. The lowest BCUT2D eigenvalue weighted by atomic mass is 9.96. The monoisotopic (exact) mass is 400 g/mol. The fourth-order valence-corrected chi connectivity index (χ4v) is 2.92. The standard InChI is InChI=1S/C15H16ClF3N2O3.ClH/c16-10-3-1-2-9(4-10)5-20-13(22)8-21-6-11(14(23)24)12(7-21)15(17,18)19;/h1-4,11-12H,5-8H2,(H,20,22)(H,23,24);1H/t11-,12-;/m1./s1. The number of alkyl halides is 3. The molecule has 2 rings (SSSR count). The molecule has 1 amide bonds. The first-order chi connectivity index (χ1) is 11.2. The number of rotatable bonds is 5. The van der Waals surface area contributed by atoms with Gasteiger partial charge in [-0.05, 0) is 17.7 Å². The molecule has 0 radical (unpaired) electrons. The molecule has 0 unspecified atom stereocenters. The minimum Gasteiger partial charge on any atom is -0.481 e. The Bertz CT molecular complexity index is 628. The van der Waals surface area contributed by atoms with Crippen LogP contribution in [0.3, 0.4) is 0 Å². The van der Waals surface area contributed by atoms with Gasteiger partial charge < -0.3 is 10.4 Å². The molecule has 10 heteroatoms. The predicted octanol–water partition coefficient (Wildman–Crippen LogP) is 2.57. The summed E-state index contributed by atoms with van der Waals surface area (Å²) in [6.45, 7) is -0.885. The highest BCUT2D eigenvalue weighted by atomic mass is 35.5. The smallest absolute Gasteiger partial charge is 0.393 e. The van der Waals surface area contributed by atoms with Gasteiger partial charge in [-0.3, -0.25) is 14.5 Å². The summed E-state index contributed by atoms with van der Waals surface area (Å²) in [6, 6.07) is 6.82. The molecule has 0 aromatic heterocycles. The maximum Gasteiger partial charge on any atom is 0.393 e. The molecule has 2 atom stereocenters. The number of nitrogens with zero attached hydrogens (tertiary/aromatic N) is 1. The summed E-state index contributed by atoms with van der Waals surface area (Å²) in [5.41, 5.74) is 0.758. The van der Waals surface area contributed by atoms with Crippen LogP contribution in [0.1, 0.15) is 5.56 Å². The quantitative estimate of drug-likeness (QED) is 0.796. The maximum atomic E-state index is 12.9. The zero-order chi connectivity index (χ0) is 17.9. The van der Waals surface area contributed by atoms with Crippen molar-refractivity contribution in [2.45, 2.75) is 12.7 Å². The van der Waals surface area contributed by atoms with Crippen LogP contribution in [0.25, 0.3) is 0 Å². The van der Waals surface area contributed by atoms with E-state index < -0.39 is 36.4 Å². The van der Waals surface area contributed by atoms with Crippen LogP contribution in [0, 0.1) is 11.8 Å². The van der Waals surface area contributed by atoms with Crippen molar-refractivity contribution in [3.63, 3.8) is 0 Å². The second-order valence-corrected chi connectivity index (χ2v) is 6.13. The lowest BCUT2D eigenvalue weighted by Gasteiger charge is -2.18. The Balaban J connectivity index is 0.00000312. The van der Waals surface area contributed by atoms with Gasteiger partial charge in [0, 0.05) is 24.7 Å². The minimum absolute atomic E-state index is 0. The fraction of sp³-hybridized carbons (Fsp3) is 0.467. The van der Waals surface area contributed by atoms with Crippen LogP contribution in [0.4, 0.5) is 13.2 Å². The Morgan fingerprint density at radius 3 is 2.52 bits per heavy atom. The summed E-state index contributed by atoms with van der Waals surface area (Å²) in [7, 11) is 0. The number of carboxylic acids is 1. The van der Waals surface area contributed by atoms with Crippen LogP contribution in [0.5, 0.6) is 0 Å². The second kappa shape index (κ2) is 8.73. The van der Waals surface area contributed by atoms with Crippen LogP contribution in [-0.2, 0) is 16.1 Å². The fourth-order valence-electron chi connectivity index (χ4n) is 2.70. The van der Waals surface area contributed by atoms with Gasteiger partial charge in [-0.2, -0.15) is 13.2 Å². The van der Waals surface area contributed by atoms with Gasteiger partial charge in [0.15, 0.2) is 0 Å². The Labute approximate surface area is 153 Å². The summed E-state index contributed by atoms with van der Waals surface area (Å²) in [5.74, 6) is -5.48. The third kappa shape index (κ3) is 6.05. The molecule has 1 aliphatic rings. The zero-order valence-corrected chi connectivity index (χ0v) is 14.5. The number of halogens is 5. The average Bonchev–Trinajstić information content (AvgIpc) is 2.89. The highest BCUT2D eigenvalue weighted by molar-refractivity contribution is 6.30. The molecule has 1 saturated heterocycles. The van der Waals surface area contributed by atoms with Crippen LogP contribution >= 0.6 is 24.0 Å². The van der Waals surface area contributed by atoms with Crippen molar-refractivity contribution in [2.24, 2.45) is 11.8 Å².